The second kappa shape index (κ2) is 30.6. The van der Waals surface area contributed by atoms with Crippen LogP contribution in [0.3, 0.4) is 0 Å². The van der Waals surface area contributed by atoms with E-state index in [4.69, 9.17) is 0 Å². The van der Waals surface area contributed by atoms with Crippen molar-refractivity contribution in [3.05, 3.63) is 36.5 Å². The third-order valence-electron chi connectivity index (χ3n) is 7.79. The summed E-state index contributed by atoms with van der Waals surface area (Å²) in [6.07, 6.45) is 38.3. The van der Waals surface area contributed by atoms with Gasteiger partial charge in [-0.25, -0.2) is 0 Å². The zero-order chi connectivity index (χ0) is 31.9. The summed E-state index contributed by atoms with van der Waals surface area (Å²) in [4.78, 5) is 12.4. The highest BCUT2D eigenvalue weighted by molar-refractivity contribution is 7.85. The van der Waals surface area contributed by atoms with Crippen molar-refractivity contribution in [2.45, 2.75) is 180 Å². The minimum Gasteiger partial charge on any atom is -0.387 e. The van der Waals surface area contributed by atoms with Gasteiger partial charge in [-0.2, -0.15) is 8.42 Å². The highest BCUT2D eigenvalue weighted by atomic mass is 32.2. The lowest BCUT2D eigenvalue weighted by Gasteiger charge is -2.21. The molecule has 252 valence electrons. The van der Waals surface area contributed by atoms with Crippen LogP contribution in [0, 0.1) is 0 Å². The topological polar surface area (TPSA) is 104 Å². The fourth-order valence-electron chi connectivity index (χ4n) is 5.13. The molecule has 0 aliphatic carbocycles. The third-order valence-corrected chi connectivity index (χ3v) is 8.57. The van der Waals surface area contributed by atoms with Crippen LogP contribution >= 0.6 is 0 Å². The molecule has 0 saturated heterocycles. The number of carbonyl (C=O) groups is 1. The highest BCUT2D eigenvalue weighted by Gasteiger charge is 2.24. The number of hydrogen-bond donors (Lipinski definition) is 3. The van der Waals surface area contributed by atoms with E-state index in [9.17, 15) is 22.9 Å². The smallest absolute Gasteiger partial charge is 0.267 e. The maximum Gasteiger partial charge on any atom is 0.267 e. The summed E-state index contributed by atoms with van der Waals surface area (Å²) in [7, 11) is -4.34. The quantitative estimate of drug-likeness (QED) is 0.0404. The molecule has 0 aliphatic rings. The van der Waals surface area contributed by atoms with E-state index in [0.29, 0.717) is 6.42 Å². The van der Waals surface area contributed by atoms with Gasteiger partial charge < -0.3 is 10.4 Å². The largest absolute Gasteiger partial charge is 0.387 e. The number of carbonyl (C=O) groups excluding carboxylic acids is 1. The Bertz CT molecular complexity index is 821. The second-order valence-corrected chi connectivity index (χ2v) is 13.6. The molecular weight excluding hydrogens is 558 g/mol. The summed E-state index contributed by atoms with van der Waals surface area (Å²) in [5.41, 5.74) is 0. The SMILES string of the molecule is CCC/C=C\C/C=C\CCCCCCCC(=O)NC(CS(=O)(=O)O)C(O)/C=C/CCCCCCCCCCCCCCC. The number of allylic oxidation sites excluding steroid dienone is 5. The van der Waals surface area contributed by atoms with E-state index in [-0.39, 0.29) is 12.3 Å². The molecule has 43 heavy (non-hydrogen) atoms. The van der Waals surface area contributed by atoms with E-state index in [0.717, 1.165) is 64.2 Å². The van der Waals surface area contributed by atoms with Crippen LogP contribution in [0.5, 0.6) is 0 Å². The molecule has 0 spiro atoms. The first kappa shape index (κ1) is 41.6. The number of hydrogen-bond acceptors (Lipinski definition) is 4. The summed E-state index contributed by atoms with van der Waals surface area (Å²) in [6, 6.07) is -1.06. The first-order valence-corrected chi connectivity index (χ1v) is 19.3. The van der Waals surface area contributed by atoms with Gasteiger partial charge in [0.15, 0.2) is 0 Å². The van der Waals surface area contributed by atoms with Gasteiger partial charge in [0.2, 0.25) is 5.91 Å². The molecule has 0 saturated carbocycles. The standard InChI is InChI=1S/C36H67NO5S/c1-3-5-7-9-11-13-15-17-18-20-21-23-25-27-29-31-35(38)34(33-43(40,41)42)37-36(39)32-30-28-26-24-22-19-16-14-12-10-8-6-4-2/h8,10,14,16,29,31,34-35,38H,3-7,9,11-13,15,17-28,30,32-33H2,1-2H3,(H,37,39)(H,40,41,42)/b10-8-,16-14-,31-29+. The Kier molecular flexibility index (Phi) is 29.6. The van der Waals surface area contributed by atoms with Crippen molar-refractivity contribution in [2.75, 3.05) is 5.75 Å². The van der Waals surface area contributed by atoms with Crippen molar-refractivity contribution in [1.82, 2.24) is 5.32 Å². The first-order valence-electron chi connectivity index (χ1n) is 17.7. The number of nitrogens with one attached hydrogen (secondary N) is 1. The average molecular weight is 626 g/mol. The van der Waals surface area contributed by atoms with E-state index in [1.54, 1.807) is 6.08 Å². The number of aliphatic hydroxyl groups is 1. The van der Waals surface area contributed by atoms with Crippen LogP contribution in [0.1, 0.15) is 168 Å². The summed E-state index contributed by atoms with van der Waals surface area (Å²) in [6.45, 7) is 4.43. The zero-order valence-corrected chi connectivity index (χ0v) is 28.6. The maximum atomic E-state index is 12.4. The van der Waals surface area contributed by atoms with Crippen LogP contribution in [0.25, 0.3) is 0 Å². The van der Waals surface area contributed by atoms with Crippen LogP contribution in [-0.4, -0.2) is 41.9 Å². The van der Waals surface area contributed by atoms with E-state index in [2.05, 4.69) is 43.5 Å². The predicted octanol–water partition coefficient (Wildman–Crippen LogP) is 9.79. The maximum absolute atomic E-state index is 12.4. The molecule has 0 aromatic carbocycles. The number of rotatable bonds is 31. The van der Waals surface area contributed by atoms with E-state index in [1.165, 1.54) is 77.0 Å². The monoisotopic (exact) mass is 625 g/mol. The highest BCUT2D eigenvalue weighted by Crippen LogP contribution is 2.14. The Labute approximate surface area is 266 Å². The molecule has 0 bridgehead atoms. The molecule has 7 heteroatoms. The van der Waals surface area contributed by atoms with Gasteiger partial charge in [0, 0.05) is 6.42 Å². The predicted molar refractivity (Wildman–Crippen MR) is 184 cm³/mol. The van der Waals surface area contributed by atoms with Crippen molar-refractivity contribution < 1.29 is 22.9 Å². The molecule has 0 heterocycles. The number of unbranched alkanes of at least 4 members (excludes halogenated alkanes) is 19. The zero-order valence-electron chi connectivity index (χ0n) is 27.8. The third kappa shape index (κ3) is 31.8. The van der Waals surface area contributed by atoms with Gasteiger partial charge in [-0.1, -0.05) is 153 Å². The van der Waals surface area contributed by atoms with E-state index >= 15 is 0 Å². The Morgan fingerprint density at radius 1 is 0.628 bits per heavy atom. The molecule has 1 amide bonds. The summed E-state index contributed by atoms with van der Waals surface area (Å²) in [5.74, 6) is -0.998. The normalized spacial score (nSPS) is 13.9. The molecule has 2 atom stereocenters. The van der Waals surface area contributed by atoms with Crippen LogP contribution in [0.4, 0.5) is 0 Å². The molecule has 6 nitrogen and oxygen atoms in total. The van der Waals surface area contributed by atoms with Crippen LogP contribution < -0.4 is 5.32 Å². The van der Waals surface area contributed by atoms with Crippen molar-refractivity contribution in [3.8, 4) is 0 Å². The van der Waals surface area contributed by atoms with Gasteiger partial charge in [0.25, 0.3) is 10.1 Å². The summed E-state index contributed by atoms with van der Waals surface area (Å²) >= 11 is 0. The van der Waals surface area contributed by atoms with Gasteiger partial charge in [-0.3, -0.25) is 9.35 Å². The first-order chi connectivity index (χ1) is 20.8. The molecule has 2 unspecified atom stereocenters. The fourth-order valence-corrected chi connectivity index (χ4v) is 5.87. The van der Waals surface area contributed by atoms with Gasteiger partial charge in [-0.05, 0) is 44.9 Å². The molecular formula is C36H67NO5S. The van der Waals surface area contributed by atoms with E-state index < -0.39 is 28.0 Å². The van der Waals surface area contributed by atoms with Gasteiger partial charge in [-0.15, -0.1) is 0 Å². The van der Waals surface area contributed by atoms with Crippen molar-refractivity contribution in [3.63, 3.8) is 0 Å². The van der Waals surface area contributed by atoms with Crippen molar-refractivity contribution >= 4 is 16.0 Å². The van der Waals surface area contributed by atoms with Gasteiger partial charge >= 0.3 is 0 Å². The molecule has 0 aliphatic heterocycles. The molecule has 0 fully saturated rings. The van der Waals surface area contributed by atoms with Gasteiger partial charge in [0.05, 0.1) is 17.9 Å². The lowest BCUT2D eigenvalue weighted by atomic mass is 10.0. The van der Waals surface area contributed by atoms with Crippen molar-refractivity contribution in [1.29, 1.82) is 0 Å². The summed E-state index contributed by atoms with van der Waals surface area (Å²) < 4.78 is 32.3. The van der Waals surface area contributed by atoms with Crippen LogP contribution in [-0.2, 0) is 14.9 Å². The molecule has 0 aromatic heterocycles. The number of aliphatic hydroxyl groups excluding tert-OH is 1. The van der Waals surface area contributed by atoms with E-state index in [1.807, 2.05) is 6.08 Å². The second-order valence-electron chi connectivity index (χ2n) is 12.1. The Morgan fingerprint density at radius 3 is 1.60 bits per heavy atom. The molecule has 0 aromatic rings. The minimum absolute atomic E-state index is 0.279. The molecule has 3 N–H and O–H groups in total. The molecule has 0 radical (unpaired) electrons. The van der Waals surface area contributed by atoms with Gasteiger partial charge in [0.1, 0.15) is 0 Å². The Morgan fingerprint density at radius 2 is 1.09 bits per heavy atom. The lowest BCUT2D eigenvalue weighted by molar-refractivity contribution is -0.122. The fraction of sp³-hybridized carbons (Fsp3) is 0.806. The van der Waals surface area contributed by atoms with Crippen LogP contribution in [0.15, 0.2) is 36.5 Å². The number of amides is 1. The molecule has 0 rings (SSSR count). The average Bonchev–Trinajstić information content (AvgIpc) is 2.96. The lowest BCUT2D eigenvalue weighted by Crippen LogP contribution is -2.46. The van der Waals surface area contributed by atoms with Crippen molar-refractivity contribution in [2.24, 2.45) is 0 Å². The minimum atomic E-state index is -4.34. The Hall–Kier alpha value is -1.44. The summed E-state index contributed by atoms with van der Waals surface area (Å²) in [5, 5.41) is 13.1. The van der Waals surface area contributed by atoms with Crippen LogP contribution in [0.2, 0.25) is 0 Å². The Balaban J connectivity index is 4.04.